The van der Waals surface area contributed by atoms with Crippen molar-refractivity contribution in [3.8, 4) is 5.75 Å². The third-order valence-corrected chi connectivity index (χ3v) is 4.24. The summed E-state index contributed by atoms with van der Waals surface area (Å²) < 4.78 is 60.4. The van der Waals surface area contributed by atoms with Gasteiger partial charge in [0.05, 0.1) is 10.6 Å². The molecule has 0 saturated heterocycles. The van der Waals surface area contributed by atoms with Gasteiger partial charge in [-0.05, 0) is 38.1 Å². The van der Waals surface area contributed by atoms with E-state index in [1.54, 1.807) is 13.8 Å². The maximum Gasteiger partial charge on any atom is 0.272 e. The van der Waals surface area contributed by atoms with Gasteiger partial charge in [0.2, 0.25) is 5.88 Å². The molecule has 6 nitrogen and oxygen atoms in total. The van der Waals surface area contributed by atoms with Crippen LogP contribution in [0.3, 0.4) is 0 Å². The van der Waals surface area contributed by atoms with Gasteiger partial charge in [-0.25, -0.2) is 21.9 Å². The Kier molecular flexibility index (Phi) is 4.65. The minimum atomic E-state index is -3.86. The Labute approximate surface area is 126 Å². The van der Waals surface area contributed by atoms with Crippen LogP contribution in [0.2, 0.25) is 0 Å². The van der Waals surface area contributed by atoms with Gasteiger partial charge >= 0.3 is 0 Å². The van der Waals surface area contributed by atoms with Crippen LogP contribution in [0.1, 0.15) is 11.3 Å². The first-order valence-electron chi connectivity index (χ1n) is 6.26. The van der Waals surface area contributed by atoms with Crippen molar-refractivity contribution < 1.29 is 26.5 Å². The van der Waals surface area contributed by atoms with Crippen molar-refractivity contribution in [1.29, 1.82) is 0 Å². The second-order valence-electron chi connectivity index (χ2n) is 4.50. The van der Waals surface area contributed by atoms with Crippen LogP contribution in [-0.4, -0.2) is 26.6 Å². The Morgan fingerprint density at radius 3 is 2.41 bits per heavy atom. The quantitative estimate of drug-likeness (QED) is 0.879. The molecule has 22 heavy (non-hydrogen) atoms. The second-order valence-corrected chi connectivity index (χ2v) is 6.18. The molecule has 0 unspecified atom stereocenters. The average molecular weight is 332 g/mol. The lowest BCUT2D eigenvalue weighted by atomic mass is 10.3. The third-order valence-electron chi connectivity index (χ3n) is 2.89. The first kappa shape index (κ1) is 16.2. The molecule has 9 heteroatoms. The first-order valence-corrected chi connectivity index (χ1v) is 7.74. The van der Waals surface area contributed by atoms with E-state index in [0.717, 1.165) is 0 Å². The average Bonchev–Trinajstić information content (AvgIpc) is 2.77. The van der Waals surface area contributed by atoms with Gasteiger partial charge < -0.3 is 9.26 Å². The number of ether oxygens (including phenoxy) is 1. The van der Waals surface area contributed by atoms with Crippen molar-refractivity contribution in [2.24, 2.45) is 0 Å². The molecule has 1 N–H and O–H groups in total. The predicted molar refractivity (Wildman–Crippen MR) is 74.7 cm³/mol. The lowest BCUT2D eigenvalue weighted by molar-refractivity contribution is 0.0819. The molecule has 0 atom stereocenters. The van der Waals surface area contributed by atoms with Crippen molar-refractivity contribution in [1.82, 2.24) is 5.16 Å². The van der Waals surface area contributed by atoms with E-state index in [9.17, 15) is 17.2 Å². The molecule has 2 rings (SSSR count). The van der Waals surface area contributed by atoms with Gasteiger partial charge in [-0.2, -0.15) is 0 Å². The summed E-state index contributed by atoms with van der Waals surface area (Å²) in [4.78, 5) is -0.0506. The van der Waals surface area contributed by atoms with Crippen LogP contribution in [0, 0.1) is 13.8 Å². The SMILES string of the molecule is Cc1noc(NS(=O)(=O)c2ccc(OCC(F)F)cc2)c1C. The lowest BCUT2D eigenvalue weighted by Gasteiger charge is -2.08. The number of alkyl halides is 2. The van der Waals surface area contributed by atoms with Gasteiger partial charge in [-0.1, -0.05) is 5.16 Å². The molecule has 1 aromatic carbocycles. The zero-order chi connectivity index (χ0) is 16.3. The monoisotopic (exact) mass is 332 g/mol. The van der Waals surface area contributed by atoms with E-state index < -0.39 is 23.1 Å². The van der Waals surface area contributed by atoms with E-state index in [1.165, 1.54) is 24.3 Å². The number of halogens is 2. The number of aryl methyl sites for hydroxylation is 1. The number of aromatic nitrogens is 1. The highest BCUT2D eigenvalue weighted by Gasteiger charge is 2.19. The topological polar surface area (TPSA) is 81.4 Å². The standard InChI is InChI=1S/C13H14F2N2O4S/c1-8-9(2)16-21-13(8)17-22(18,19)11-5-3-10(4-6-11)20-7-12(14)15/h3-6,12,17H,7H2,1-2H3. The molecule has 0 aliphatic rings. The lowest BCUT2D eigenvalue weighted by Crippen LogP contribution is -2.13. The van der Waals surface area contributed by atoms with Crippen molar-refractivity contribution >= 4 is 15.9 Å². The minimum absolute atomic E-state index is 0.0375. The van der Waals surface area contributed by atoms with Crippen molar-refractivity contribution in [3.05, 3.63) is 35.5 Å². The highest BCUT2D eigenvalue weighted by molar-refractivity contribution is 7.92. The van der Waals surface area contributed by atoms with E-state index in [0.29, 0.717) is 11.3 Å². The van der Waals surface area contributed by atoms with Gasteiger partial charge in [-0.3, -0.25) is 0 Å². The smallest absolute Gasteiger partial charge is 0.272 e. The largest absolute Gasteiger partial charge is 0.488 e. The van der Waals surface area contributed by atoms with Crippen LogP contribution in [0.5, 0.6) is 5.75 Å². The number of hydrogen-bond acceptors (Lipinski definition) is 5. The first-order chi connectivity index (χ1) is 10.3. The van der Waals surface area contributed by atoms with Crippen LogP contribution < -0.4 is 9.46 Å². The molecule has 0 bridgehead atoms. The molecule has 1 heterocycles. The van der Waals surface area contributed by atoms with E-state index in [-0.39, 0.29) is 16.5 Å². The molecule has 0 aliphatic heterocycles. The van der Waals surface area contributed by atoms with Crippen molar-refractivity contribution in [2.75, 3.05) is 11.3 Å². The van der Waals surface area contributed by atoms with Gasteiger partial charge in [0, 0.05) is 5.56 Å². The Bertz CT molecular complexity index is 742. The van der Waals surface area contributed by atoms with E-state index in [4.69, 9.17) is 9.26 Å². The van der Waals surface area contributed by atoms with E-state index in [1.807, 2.05) is 0 Å². The Hall–Kier alpha value is -2.16. The predicted octanol–water partition coefficient (Wildman–Crippen LogP) is 2.74. The molecular weight excluding hydrogens is 318 g/mol. The van der Waals surface area contributed by atoms with Crippen molar-refractivity contribution in [3.63, 3.8) is 0 Å². The third kappa shape index (κ3) is 3.73. The summed E-state index contributed by atoms with van der Waals surface area (Å²) in [6, 6.07) is 5.11. The molecule has 120 valence electrons. The van der Waals surface area contributed by atoms with Gasteiger partial charge in [0.15, 0.2) is 0 Å². The maximum absolute atomic E-state index is 12.2. The zero-order valence-electron chi connectivity index (χ0n) is 11.8. The zero-order valence-corrected chi connectivity index (χ0v) is 12.7. The summed E-state index contributed by atoms with van der Waals surface area (Å²) in [7, 11) is -3.86. The Morgan fingerprint density at radius 1 is 1.27 bits per heavy atom. The number of benzene rings is 1. The van der Waals surface area contributed by atoms with Gasteiger partial charge in [0.25, 0.3) is 16.4 Å². The molecule has 0 saturated carbocycles. The number of anilines is 1. The number of nitrogens with zero attached hydrogens (tertiary/aromatic N) is 1. The summed E-state index contributed by atoms with van der Waals surface area (Å²) in [5.41, 5.74) is 1.16. The molecule has 0 radical (unpaired) electrons. The van der Waals surface area contributed by atoms with Gasteiger partial charge in [-0.15, -0.1) is 0 Å². The summed E-state index contributed by atoms with van der Waals surface area (Å²) in [6.45, 7) is 2.61. The molecule has 0 fully saturated rings. The number of hydrogen-bond donors (Lipinski definition) is 1. The summed E-state index contributed by atoms with van der Waals surface area (Å²) in [5.74, 6) is 0.196. The fraction of sp³-hybridized carbons (Fsp3) is 0.308. The minimum Gasteiger partial charge on any atom is -0.488 e. The van der Waals surface area contributed by atoms with E-state index >= 15 is 0 Å². The molecular formula is C13H14F2N2O4S. The van der Waals surface area contributed by atoms with Gasteiger partial charge in [0.1, 0.15) is 12.4 Å². The molecule has 1 aromatic heterocycles. The summed E-state index contributed by atoms with van der Waals surface area (Å²) >= 11 is 0. The normalized spacial score (nSPS) is 11.7. The fourth-order valence-electron chi connectivity index (χ4n) is 1.57. The highest BCUT2D eigenvalue weighted by atomic mass is 32.2. The molecule has 0 amide bonds. The van der Waals surface area contributed by atoms with E-state index in [2.05, 4.69) is 9.88 Å². The molecule has 0 aliphatic carbocycles. The summed E-state index contributed by atoms with van der Waals surface area (Å²) in [5, 5.41) is 3.66. The van der Waals surface area contributed by atoms with Crippen LogP contribution in [-0.2, 0) is 10.0 Å². The number of nitrogens with one attached hydrogen (secondary N) is 1. The van der Waals surface area contributed by atoms with Crippen LogP contribution in [0.4, 0.5) is 14.7 Å². The number of rotatable bonds is 6. The Morgan fingerprint density at radius 2 is 1.91 bits per heavy atom. The van der Waals surface area contributed by atoms with Crippen molar-refractivity contribution in [2.45, 2.75) is 25.2 Å². The highest BCUT2D eigenvalue weighted by Crippen LogP contribution is 2.23. The van der Waals surface area contributed by atoms with Crippen LogP contribution >= 0.6 is 0 Å². The second kappa shape index (κ2) is 6.30. The number of sulfonamides is 1. The molecule has 2 aromatic rings. The summed E-state index contributed by atoms with van der Waals surface area (Å²) in [6.07, 6.45) is -2.59. The van der Waals surface area contributed by atoms with Crippen LogP contribution in [0.25, 0.3) is 0 Å². The molecule has 0 spiro atoms. The fourth-order valence-corrected chi connectivity index (χ4v) is 2.61. The van der Waals surface area contributed by atoms with Crippen LogP contribution in [0.15, 0.2) is 33.7 Å². The Balaban J connectivity index is 2.14. The maximum atomic E-state index is 12.2.